The van der Waals surface area contributed by atoms with Crippen molar-refractivity contribution in [3.05, 3.63) is 53.6 Å². The lowest BCUT2D eigenvalue weighted by atomic mass is 9.87. The number of aliphatic imine (C=N–C) groups is 1. The number of benzene rings is 2. The van der Waals surface area contributed by atoms with Gasteiger partial charge in [-0.05, 0) is 73.7 Å². The Bertz CT molecular complexity index is 871. The largest absolute Gasteiger partial charge is 0.493 e. The van der Waals surface area contributed by atoms with Gasteiger partial charge in [-0.15, -0.1) is 0 Å². The van der Waals surface area contributed by atoms with E-state index < -0.39 is 0 Å². The van der Waals surface area contributed by atoms with Crippen LogP contribution in [0.1, 0.15) is 41.6 Å². The second-order valence-corrected chi connectivity index (χ2v) is 7.32. The first-order chi connectivity index (χ1) is 13.7. The van der Waals surface area contributed by atoms with Crippen molar-refractivity contribution in [3.8, 4) is 5.75 Å². The van der Waals surface area contributed by atoms with Gasteiger partial charge < -0.3 is 20.7 Å². The van der Waals surface area contributed by atoms with Crippen LogP contribution in [0.15, 0.2) is 47.5 Å². The van der Waals surface area contributed by atoms with Gasteiger partial charge in [-0.25, -0.2) is 0 Å². The highest BCUT2D eigenvalue weighted by Crippen LogP contribution is 2.39. The van der Waals surface area contributed by atoms with Crippen molar-refractivity contribution in [1.82, 2.24) is 5.32 Å². The molecule has 3 N–H and O–H groups in total. The molecule has 2 aromatic carbocycles. The summed E-state index contributed by atoms with van der Waals surface area (Å²) >= 11 is 0. The van der Waals surface area contributed by atoms with Gasteiger partial charge in [0.05, 0.1) is 19.5 Å². The van der Waals surface area contributed by atoms with E-state index in [1.165, 1.54) is 5.56 Å². The Kier molecular flexibility index (Phi) is 5.19. The molecule has 6 nitrogen and oxygen atoms in total. The number of carbonyl (C=O) groups is 1. The van der Waals surface area contributed by atoms with Crippen LogP contribution in [-0.4, -0.2) is 38.0 Å². The molecule has 2 aromatic rings. The zero-order valence-corrected chi connectivity index (χ0v) is 16.1. The molecule has 0 aromatic heterocycles. The van der Waals surface area contributed by atoms with Crippen molar-refractivity contribution in [1.29, 1.82) is 0 Å². The molecule has 0 radical (unpaired) electrons. The van der Waals surface area contributed by atoms with Crippen LogP contribution in [0.2, 0.25) is 0 Å². The summed E-state index contributed by atoms with van der Waals surface area (Å²) in [7, 11) is 0. The van der Waals surface area contributed by atoms with Gasteiger partial charge in [-0.3, -0.25) is 9.79 Å². The molecule has 28 heavy (non-hydrogen) atoms. The number of amides is 1. The second-order valence-electron chi connectivity index (χ2n) is 7.32. The summed E-state index contributed by atoms with van der Waals surface area (Å²) in [6, 6.07) is 13.5. The van der Waals surface area contributed by atoms with E-state index in [2.05, 4.69) is 16.4 Å². The summed E-state index contributed by atoms with van der Waals surface area (Å²) in [4.78, 5) is 19.1. The zero-order chi connectivity index (χ0) is 19.5. The number of nitrogen functional groups attached to an aromatic ring is 1. The Labute approximate surface area is 165 Å². The highest BCUT2D eigenvalue weighted by atomic mass is 16.5. The van der Waals surface area contributed by atoms with E-state index in [1.54, 1.807) is 35.5 Å². The van der Waals surface area contributed by atoms with E-state index >= 15 is 0 Å². The van der Waals surface area contributed by atoms with Crippen molar-refractivity contribution in [2.24, 2.45) is 4.99 Å². The molecular weight excluding hydrogens is 352 g/mol. The average molecular weight is 378 g/mol. The number of anilines is 2. The van der Waals surface area contributed by atoms with Crippen LogP contribution in [-0.2, 0) is 0 Å². The maximum absolute atomic E-state index is 13.0. The predicted molar refractivity (Wildman–Crippen MR) is 112 cm³/mol. The molecule has 0 fully saturated rings. The minimum absolute atomic E-state index is 0.0263. The summed E-state index contributed by atoms with van der Waals surface area (Å²) in [6.45, 7) is 4.13. The second kappa shape index (κ2) is 7.92. The third kappa shape index (κ3) is 3.67. The number of nitrogens with two attached hydrogens (primary N) is 1. The van der Waals surface area contributed by atoms with Gasteiger partial charge in [0.1, 0.15) is 5.75 Å². The van der Waals surface area contributed by atoms with Crippen molar-refractivity contribution in [3.63, 3.8) is 0 Å². The predicted octanol–water partition coefficient (Wildman–Crippen LogP) is 3.19. The van der Waals surface area contributed by atoms with Gasteiger partial charge in [-0.2, -0.15) is 0 Å². The van der Waals surface area contributed by atoms with Crippen LogP contribution in [0, 0.1) is 0 Å². The van der Waals surface area contributed by atoms with Crippen LogP contribution in [0.5, 0.6) is 5.75 Å². The molecule has 2 aliphatic heterocycles. The lowest BCUT2D eigenvalue weighted by Gasteiger charge is -2.30. The third-order valence-corrected chi connectivity index (χ3v) is 5.48. The molecule has 2 unspecified atom stereocenters. The Morgan fingerprint density at radius 3 is 2.82 bits per heavy atom. The van der Waals surface area contributed by atoms with E-state index in [0.29, 0.717) is 29.8 Å². The standard InChI is InChI=1S/C22H26N4O2/c1-2-26(22(27)15-3-5-17(23)6-4-15)19-7-8-21-20(12-19)16(9-10-28-21)11-18-13-24-14-25-18/h3-8,12,14,16,18H,2,9-11,13,23H2,1H3,(H,24,25). The summed E-state index contributed by atoms with van der Waals surface area (Å²) in [5, 5.41) is 3.32. The number of carbonyl (C=O) groups excluding carboxylic acids is 1. The molecule has 0 saturated heterocycles. The lowest BCUT2D eigenvalue weighted by Crippen LogP contribution is -2.31. The van der Waals surface area contributed by atoms with Crippen molar-refractivity contribution in [2.75, 3.05) is 30.3 Å². The molecule has 0 saturated carbocycles. The first kappa shape index (κ1) is 18.3. The smallest absolute Gasteiger partial charge is 0.258 e. The van der Waals surface area contributed by atoms with Crippen molar-refractivity contribution >= 4 is 23.6 Å². The topological polar surface area (TPSA) is 80.0 Å². The zero-order valence-electron chi connectivity index (χ0n) is 16.1. The number of fused-ring (bicyclic) bond motifs is 1. The molecule has 0 spiro atoms. The summed E-state index contributed by atoms with van der Waals surface area (Å²) < 4.78 is 5.88. The van der Waals surface area contributed by atoms with Gasteiger partial charge in [-0.1, -0.05) is 0 Å². The fraction of sp³-hybridized carbons (Fsp3) is 0.364. The van der Waals surface area contributed by atoms with E-state index in [-0.39, 0.29) is 5.91 Å². The van der Waals surface area contributed by atoms with E-state index in [0.717, 1.165) is 37.4 Å². The third-order valence-electron chi connectivity index (χ3n) is 5.48. The first-order valence-electron chi connectivity index (χ1n) is 9.84. The molecule has 0 bridgehead atoms. The minimum atomic E-state index is -0.0263. The quantitative estimate of drug-likeness (QED) is 0.783. The first-order valence-corrected chi connectivity index (χ1v) is 9.84. The van der Waals surface area contributed by atoms with Crippen molar-refractivity contribution < 1.29 is 9.53 Å². The number of nitrogens with zero attached hydrogens (tertiary/aromatic N) is 2. The fourth-order valence-electron chi connectivity index (χ4n) is 3.97. The van der Waals surface area contributed by atoms with Gasteiger partial charge in [0, 0.05) is 29.5 Å². The fourth-order valence-corrected chi connectivity index (χ4v) is 3.97. The highest BCUT2D eigenvalue weighted by molar-refractivity contribution is 6.06. The highest BCUT2D eigenvalue weighted by Gasteiger charge is 2.27. The van der Waals surface area contributed by atoms with Gasteiger partial charge >= 0.3 is 0 Å². The number of hydrogen-bond acceptors (Lipinski definition) is 5. The number of hydrogen-bond donors (Lipinski definition) is 2. The number of rotatable bonds is 5. The summed E-state index contributed by atoms with van der Waals surface area (Å²) in [5.74, 6) is 1.30. The molecule has 146 valence electrons. The van der Waals surface area contributed by atoms with E-state index in [1.807, 2.05) is 19.1 Å². The maximum Gasteiger partial charge on any atom is 0.258 e. The lowest BCUT2D eigenvalue weighted by molar-refractivity contribution is 0.0988. The molecule has 6 heteroatoms. The SMILES string of the molecule is CCN(C(=O)c1ccc(N)cc1)c1ccc2c(c1)C(CC1CN=CN1)CCO2. The number of ether oxygens (including phenoxy) is 1. The van der Waals surface area contributed by atoms with E-state index in [9.17, 15) is 4.79 Å². The Balaban J connectivity index is 1.60. The van der Waals surface area contributed by atoms with Crippen molar-refractivity contribution in [2.45, 2.75) is 31.7 Å². The molecule has 1 amide bonds. The minimum Gasteiger partial charge on any atom is -0.493 e. The Morgan fingerprint density at radius 1 is 1.29 bits per heavy atom. The summed E-state index contributed by atoms with van der Waals surface area (Å²) in [6.07, 6.45) is 3.79. The Hall–Kier alpha value is -3.02. The monoisotopic (exact) mass is 378 g/mol. The summed E-state index contributed by atoms with van der Waals surface area (Å²) in [5.41, 5.74) is 9.12. The van der Waals surface area contributed by atoms with Gasteiger partial charge in [0.2, 0.25) is 0 Å². The van der Waals surface area contributed by atoms with Gasteiger partial charge in [0.25, 0.3) is 5.91 Å². The van der Waals surface area contributed by atoms with Crippen LogP contribution >= 0.6 is 0 Å². The Morgan fingerprint density at radius 2 is 2.11 bits per heavy atom. The van der Waals surface area contributed by atoms with Crippen LogP contribution in [0.4, 0.5) is 11.4 Å². The maximum atomic E-state index is 13.0. The van der Waals surface area contributed by atoms with Gasteiger partial charge in [0.15, 0.2) is 0 Å². The molecular formula is C22H26N4O2. The van der Waals surface area contributed by atoms with Crippen LogP contribution in [0.25, 0.3) is 0 Å². The van der Waals surface area contributed by atoms with E-state index in [4.69, 9.17) is 10.5 Å². The average Bonchev–Trinajstić information content (AvgIpc) is 3.22. The van der Waals surface area contributed by atoms with Crippen LogP contribution in [0.3, 0.4) is 0 Å². The molecule has 2 aliphatic rings. The van der Waals surface area contributed by atoms with Crippen LogP contribution < -0.4 is 20.7 Å². The normalized spacial score (nSPS) is 20.2. The molecule has 2 atom stereocenters. The number of nitrogens with one attached hydrogen (secondary N) is 1. The molecule has 4 rings (SSSR count). The molecule has 0 aliphatic carbocycles. The molecule has 2 heterocycles.